The first-order valence-corrected chi connectivity index (χ1v) is 16.7. The van der Waals surface area contributed by atoms with Crippen molar-refractivity contribution < 1.29 is 0 Å². The molecular weight excluding hydrogens is 460 g/mol. The van der Waals surface area contributed by atoms with Gasteiger partial charge in [-0.05, 0) is 77.7 Å². The molecule has 0 aliphatic heterocycles. The van der Waals surface area contributed by atoms with E-state index in [-0.39, 0.29) is 0 Å². The van der Waals surface area contributed by atoms with E-state index in [1.807, 2.05) is 0 Å². The Balaban J connectivity index is 1.55. The van der Waals surface area contributed by atoms with Gasteiger partial charge < -0.3 is 0 Å². The van der Waals surface area contributed by atoms with Crippen LogP contribution in [0.3, 0.4) is 0 Å². The molecule has 37 heavy (non-hydrogen) atoms. The number of fused-ring (bicyclic) bond motifs is 3. The van der Waals surface area contributed by atoms with Gasteiger partial charge >= 0.3 is 0 Å². The summed E-state index contributed by atoms with van der Waals surface area (Å²) in [6, 6.07) is 28.3. The summed E-state index contributed by atoms with van der Waals surface area (Å²) in [6.45, 7) is 14.0. The van der Waals surface area contributed by atoms with Gasteiger partial charge in [0.1, 0.15) is 0 Å². The van der Waals surface area contributed by atoms with Crippen LogP contribution in [0.2, 0.25) is 18.6 Å². The SMILES string of the molecule is Cc1cc(C)cc(-c2ccc3c(c2)C([Si](C)(C)C2C=CC=C2)c2cc(-c4cc(C)cc(C)c4)ccc2-3)c1. The number of hydrogen-bond donors (Lipinski definition) is 0. The second-order valence-corrected chi connectivity index (χ2v) is 16.8. The first kappa shape index (κ1) is 23.9. The van der Waals surface area contributed by atoms with Gasteiger partial charge in [0.25, 0.3) is 0 Å². The Kier molecular flexibility index (Phi) is 5.73. The van der Waals surface area contributed by atoms with E-state index in [0.717, 1.165) is 0 Å². The van der Waals surface area contributed by atoms with Crippen molar-refractivity contribution in [2.45, 2.75) is 51.9 Å². The van der Waals surface area contributed by atoms with Gasteiger partial charge in [0.2, 0.25) is 0 Å². The van der Waals surface area contributed by atoms with Crippen molar-refractivity contribution in [2.24, 2.45) is 0 Å². The number of allylic oxidation sites excluding steroid dienone is 4. The van der Waals surface area contributed by atoms with Gasteiger partial charge in [-0.3, -0.25) is 0 Å². The molecule has 0 radical (unpaired) electrons. The van der Waals surface area contributed by atoms with Gasteiger partial charge in [0.05, 0.1) is 8.07 Å². The standard InChI is InChI=1S/C36H36Si/c1-23-15-24(2)18-29(17-23)27-11-13-32-33-14-12-28(30-19-25(3)16-26(4)20-30)22-35(33)36(34(32)21-27)37(5,6)31-9-7-8-10-31/h7-22,31,36H,1-6H3. The van der Waals surface area contributed by atoms with E-state index < -0.39 is 8.07 Å². The molecule has 0 nitrogen and oxygen atoms in total. The van der Waals surface area contributed by atoms with Gasteiger partial charge in [0.15, 0.2) is 0 Å². The predicted octanol–water partition coefficient (Wildman–Crippen LogP) is 10.1. The maximum absolute atomic E-state index is 2.59. The second kappa shape index (κ2) is 8.85. The third-order valence-electron chi connectivity index (χ3n) is 8.48. The van der Waals surface area contributed by atoms with Gasteiger partial charge in [-0.2, -0.15) is 0 Å². The molecule has 0 aromatic heterocycles. The summed E-state index contributed by atoms with van der Waals surface area (Å²) in [7, 11) is -1.80. The highest BCUT2D eigenvalue weighted by atomic mass is 28.3. The second-order valence-electron chi connectivity index (χ2n) is 11.9. The fourth-order valence-corrected chi connectivity index (χ4v) is 10.5. The largest absolute Gasteiger partial charge is 0.0803 e. The van der Waals surface area contributed by atoms with E-state index in [9.17, 15) is 0 Å². The molecule has 4 aromatic rings. The zero-order valence-electron chi connectivity index (χ0n) is 22.9. The van der Waals surface area contributed by atoms with Crippen LogP contribution in [0, 0.1) is 27.7 Å². The Morgan fingerprint density at radius 2 is 0.892 bits per heavy atom. The third-order valence-corrected chi connectivity index (χ3v) is 12.7. The monoisotopic (exact) mass is 496 g/mol. The van der Waals surface area contributed by atoms with Crippen LogP contribution in [0.5, 0.6) is 0 Å². The summed E-state index contributed by atoms with van der Waals surface area (Å²) in [5.41, 5.74) is 17.5. The fraction of sp³-hybridized carbons (Fsp3) is 0.222. The highest BCUT2D eigenvalue weighted by Crippen LogP contribution is 2.54. The molecule has 0 N–H and O–H groups in total. The van der Waals surface area contributed by atoms with Crippen molar-refractivity contribution >= 4 is 8.07 Å². The molecule has 1 heteroatoms. The fourth-order valence-electron chi connectivity index (χ4n) is 6.82. The molecule has 0 saturated heterocycles. The normalized spacial score (nSPS) is 14.9. The van der Waals surface area contributed by atoms with Gasteiger partial charge in [-0.15, -0.1) is 0 Å². The van der Waals surface area contributed by atoms with Crippen LogP contribution < -0.4 is 0 Å². The summed E-state index contributed by atoms with van der Waals surface area (Å²) in [4.78, 5) is 0. The Labute approximate surface area is 223 Å². The lowest BCUT2D eigenvalue weighted by Crippen LogP contribution is -2.38. The molecule has 2 aliphatic carbocycles. The van der Waals surface area contributed by atoms with E-state index in [2.05, 4.69) is 138 Å². The number of aryl methyl sites for hydroxylation is 4. The van der Waals surface area contributed by atoms with Crippen molar-refractivity contribution in [3.8, 4) is 33.4 Å². The molecule has 4 aromatic carbocycles. The summed E-state index contributed by atoms with van der Waals surface area (Å²) in [5, 5.41) is 0. The summed E-state index contributed by atoms with van der Waals surface area (Å²) in [5.74, 6) is 0. The van der Waals surface area contributed by atoms with Crippen molar-refractivity contribution in [2.75, 3.05) is 0 Å². The quantitative estimate of drug-likeness (QED) is 0.247. The average molecular weight is 497 g/mol. The molecule has 0 saturated carbocycles. The molecule has 2 aliphatic rings. The Hall–Kier alpha value is -3.42. The predicted molar refractivity (Wildman–Crippen MR) is 163 cm³/mol. The highest BCUT2D eigenvalue weighted by Gasteiger charge is 2.44. The Morgan fingerprint density at radius 1 is 0.486 bits per heavy atom. The molecule has 0 bridgehead atoms. The average Bonchev–Trinajstić information content (AvgIpc) is 3.49. The van der Waals surface area contributed by atoms with E-state index in [1.54, 1.807) is 0 Å². The Morgan fingerprint density at radius 3 is 1.30 bits per heavy atom. The molecule has 0 unspecified atom stereocenters. The van der Waals surface area contributed by atoms with Crippen molar-refractivity contribution in [3.05, 3.63) is 130 Å². The first-order valence-electron chi connectivity index (χ1n) is 13.5. The lowest BCUT2D eigenvalue weighted by molar-refractivity contribution is 1.07. The van der Waals surface area contributed by atoms with Crippen molar-refractivity contribution in [1.82, 2.24) is 0 Å². The number of benzene rings is 4. The van der Waals surface area contributed by atoms with Crippen LogP contribution in [0.1, 0.15) is 38.9 Å². The van der Waals surface area contributed by atoms with Gasteiger partial charge in [-0.1, -0.05) is 132 Å². The topological polar surface area (TPSA) is 0 Å². The first-order chi connectivity index (χ1) is 17.7. The molecule has 6 rings (SSSR count). The Bertz CT molecular complexity index is 1440. The van der Waals surface area contributed by atoms with E-state index in [4.69, 9.17) is 0 Å². The van der Waals surface area contributed by atoms with Crippen LogP contribution in [-0.2, 0) is 0 Å². The summed E-state index contributed by atoms with van der Waals surface area (Å²) < 4.78 is 0. The maximum Gasteiger partial charge on any atom is 0.0715 e. The van der Waals surface area contributed by atoms with Crippen LogP contribution in [0.15, 0.2) is 97.1 Å². The molecule has 0 spiro atoms. The van der Waals surface area contributed by atoms with Crippen molar-refractivity contribution in [3.63, 3.8) is 0 Å². The minimum atomic E-state index is -1.80. The summed E-state index contributed by atoms with van der Waals surface area (Å²) in [6.07, 6.45) is 9.36. The minimum absolute atomic E-state index is 0.451. The van der Waals surface area contributed by atoms with E-state index >= 15 is 0 Å². The van der Waals surface area contributed by atoms with Gasteiger partial charge in [0, 0.05) is 5.54 Å². The lowest BCUT2D eigenvalue weighted by Gasteiger charge is -2.35. The van der Waals surface area contributed by atoms with E-state index in [0.29, 0.717) is 11.1 Å². The molecule has 0 amide bonds. The van der Waals surface area contributed by atoms with Crippen LogP contribution >= 0.6 is 0 Å². The minimum Gasteiger partial charge on any atom is -0.0803 e. The number of rotatable bonds is 4. The highest BCUT2D eigenvalue weighted by molar-refractivity contribution is 6.82. The van der Waals surface area contributed by atoms with Gasteiger partial charge in [-0.25, -0.2) is 0 Å². The maximum atomic E-state index is 2.59. The van der Waals surface area contributed by atoms with Crippen molar-refractivity contribution in [1.29, 1.82) is 0 Å². The zero-order valence-corrected chi connectivity index (χ0v) is 23.9. The molecular formula is C36H36Si. The zero-order chi connectivity index (χ0) is 25.9. The number of hydrogen-bond acceptors (Lipinski definition) is 0. The summed E-state index contributed by atoms with van der Waals surface area (Å²) >= 11 is 0. The van der Waals surface area contributed by atoms with Crippen LogP contribution in [0.4, 0.5) is 0 Å². The molecule has 0 atom stereocenters. The van der Waals surface area contributed by atoms with E-state index in [1.165, 1.54) is 66.8 Å². The smallest absolute Gasteiger partial charge is 0.0715 e. The molecule has 0 fully saturated rings. The lowest BCUT2D eigenvalue weighted by atomic mass is 9.96. The van der Waals surface area contributed by atoms with Crippen LogP contribution in [-0.4, -0.2) is 8.07 Å². The molecule has 0 heterocycles. The van der Waals surface area contributed by atoms with Crippen LogP contribution in [0.25, 0.3) is 33.4 Å². The molecule has 184 valence electrons. The third kappa shape index (κ3) is 4.16.